The molecule has 7 nitrogen and oxygen atoms in total. The Morgan fingerprint density at radius 1 is 0.923 bits per heavy atom. The van der Waals surface area contributed by atoms with Crippen LogP contribution in [0.15, 0.2) is 79.1 Å². The van der Waals surface area contributed by atoms with E-state index in [2.05, 4.69) is 46.4 Å². The topological polar surface area (TPSA) is 78.5 Å². The van der Waals surface area contributed by atoms with Gasteiger partial charge in [-0.1, -0.05) is 42.5 Å². The van der Waals surface area contributed by atoms with Crippen molar-refractivity contribution < 1.29 is 18.7 Å². The van der Waals surface area contributed by atoms with Crippen molar-refractivity contribution in [3.05, 3.63) is 96.1 Å². The highest BCUT2D eigenvalue weighted by Crippen LogP contribution is 2.34. The van der Waals surface area contributed by atoms with E-state index in [1.165, 1.54) is 12.1 Å². The number of piperidine rings is 1. The van der Waals surface area contributed by atoms with Crippen LogP contribution in [0.5, 0.6) is 5.75 Å². The Labute approximate surface area is 227 Å². The van der Waals surface area contributed by atoms with Crippen LogP contribution in [0.3, 0.4) is 0 Å². The first-order valence-electron chi connectivity index (χ1n) is 13.1. The maximum Gasteiger partial charge on any atom is 0.320 e. The van der Waals surface area contributed by atoms with Gasteiger partial charge in [0.2, 0.25) is 0 Å². The van der Waals surface area contributed by atoms with E-state index in [-0.39, 0.29) is 17.6 Å². The molecule has 4 aromatic rings. The van der Waals surface area contributed by atoms with Crippen LogP contribution in [0, 0.1) is 12.7 Å². The third-order valence-corrected chi connectivity index (χ3v) is 6.91. The Hall–Kier alpha value is -4.46. The van der Waals surface area contributed by atoms with Crippen molar-refractivity contribution in [1.29, 1.82) is 0 Å². The number of likely N-dealkylation sites (tertiary alicyclic amines) is 1. The summed E-state index contributed by atoms with van der Waals surface area (Å²) in [6, 6.07) is 20.5. The van der Waals surface area contributed by atoms with Gasteiger partial charge in [-0.15, -0.1) is 0 Å². The summed E-state index contributed by atoms with van der Waals surface area (Å²) in [4.78, 5) is 35.7. The van der Waals surface area contributed by atoms with Crippen molar-refractivity contribution in [3.63, 3.8) is 0 Å². The number of nitrogens with zero attached hydrogens (tertiary/aromatic N) is 3. The number of aromatic amines is 1. The van der Waals surface area contributed by atoms with Crippen LogP contribution in [0.1, 0.15) is 24.0 Å². The normalized spacial score (nSPS) is 15.0. The molecule has 0 atom stereocenters. The number of ether oxygens (including phenoxy) is 1. The number of hydrogen-bond acceptors (Lipinski definition) is 4. The molecule has 3 aromatic carbocycles. The molecule has 8 heteroatoms. The van der Waals surface area contributed by atoms with E-state index in [1.807, 2.05) is 18.0 Å². The molecular weight excluding hydrogens is 495 g/mol. The standard InChI is InChI=1S/C25H26N4O3.C6H5F/c1-17-14-20(18-2-4-19(5-3-18)24-26-8-9-27-24)15-21-16-29(12-13-32-23(17)21)25(31)28-10-6-22(30)7-11-28;7-6-4-2-1-3-5-6/h2-5,8-9,14-15H,6-7,10-13,16H2,1H3,(H,26,27);1-5H. The molecule has 0 unspecified atom stereocenters. The molecule has 1 fully saturated rings. The number of urea groups is 1. The number of fused-ring (bicyclic) bond motifs is 1. The van der Waals surface area contributed by atoms with Crippen LogP contribution in [0.25, 0.3) is 22.5 Å². The number of halogens is 1. The summed E-state index contributed by atoms with van der Waals surface area (Å²) >= 11 is 0. The van der Waals surface area contributed by atoms with Gasteiger partial charge in [0.25, 0.3) is 0 Å². The zero-order valence-electron chi connectivity index (χ0n) is 21.9. The van der Waals surface area contributed by atoms with Gasteiger partial charge < -0.3 is 19.5 Å². The fraction of sp³-hybridized carbons (Fsp3) is 0.258. The highest BCUT2D eigenvalue weighted by atomic mass is 19.1. The molecule has 2 aliphatic heterocycles. The monoisotopic (exact) mass is 526 g/mol. The lowest BCUT2D eigenvalue weighted by atomic mass is 9.98. The molecule has 3 heterocycles. The zero-order valence-corrected chi connectivity index (χ0v) is 21.9. The Bertz CT molecular complexity index is 1410. The smallest absolute Gasteiger partial charge is 0.320 e. The number of Topliss-reactive ketones (excluding diaryl/α,β-unsaturated/α-hetero) is 1. The number of ketones is 1. The molecule has 0 bridgehead atoms. The van der Waals surface area contributed by atoms with Gasteiger partial charge in [-0.3, -0.25) is 4.79 Å². The molecule has 0 aliphatic carbocycles. The van der Waals surface area contributed by atoms with Gasteiger partial charge in [-0.25, -0.2) is 14.2 Å². The van der Waals surface area contributed by atoms with E-state index in [9.17, 15) is 14.0 Å². The number of hydrogen-bond donors (Lipinski definition) is 1. The van der Waals surface area contributed by atoms with E-state index >= 15 is 0 Å². The quantitative estimate of drug-likeness (QED) is 0.355. The molecule has 2 aliphatic rings. The summed E-state index contributed by atoms with van der Waals surface area (Å²) in [5.41, 5.74) is 5.29. The van der Waals surface area contributed by atoms with Crippen LogP contribution >= 0.6 is 0 Å². The average molecular weight is 527 g/mol. The Balaban J connectivity index is 0.000000384. The third-order valence-electron chi connectivity index (χ3n) is 6.91. The number of rotatable bonds is 2. The molecule has 39 heavy (non-hydrogen) atoms. The van der Waals surface area contributed by atoms with Crippen molar-refractivity contribution in [3.8, 4) is 28.3 Å². The average Bonchev–Trinajstić information content (AvgIpc) is 3.41. The van der Waals surface area contributed by atoms with Crippen molar-refractivity contribution in [2.75, 3.05) is 26.2 Å². The first kappa shape index (κ1) is 26.2. The fourth-order valence-corrected chi connectivity index (χ4v) is 4.85. The minimum atomic E-state index is -0.178. The number of nitrogens with one attached hydrogen (secondary N) is 1. The highest BCUT2D eigenvalue weighted by Gasteiger charge is 2.28. The van der Waals surface area contributed by atoms with Crippen molar-refractivity contribution in [2.45, 2.75) is 26.3 Å². The third kappa shape index (κ3) is 6.34. The number of carbonyl (C=O) groups is 2. The molecule has 0 spiro atoms. The minimum absolute atomic E-state index is 0.0141. The van der Waals surface area contributed by atoms with Gasteiger partial charge in [-0.2, -0.15) is 0 Å². The molecule has 1 saturated heterocycles. The van der Waals surface area contributed by atoms with Gasteiger partial charge in [0.15, 0.2) is 0 Å². The first-order valence-corrected chi connectivity index (χ1v) is 13.1. The van der Waals surface area contributed by atoms with Crippen molar-refractivity contribution in [2.24, 2.45) is 0 Å². The Kier molecular flexibility index (Phi) is 8.01. The number of amides is 2. The van der Waals surface area contributed by atoms with Crippen LogP contribution in [-0.2, 0) is 11.3 Å². The van der Waals surface area contributed by atoms with E-state index in [0.29, 0.717) is 45.6 Å². The van der Waals surface area contributed by atoms with Gasteiger partial charge >= 0.3 is 6.03 Å². The lowest BCUT2D eigenvalue weighted by Gasteiger charge is -2.31. The SMILES string of the molecule is Cc1cc(-c2ccc(-c3ncc[nH]3)cc2)cc2c1OCCN(C(=O)N1CCC(=O)CC1)C2.Fc1ccccc1. The number of aryl methyl sites for hydroxylation is 1. The van der Waals surface area contributed by atoms with E-state index in [1.54, 1.807) is 29.3 Å². The zero-order chi connectivity index (χ0) is 27.2. The van der Waals surface area contributed by atoms with E-state index in [4.69, 9.17) is 4.74 Å². The lowest BCUT2D eigenvalue weighted by molar-refractivity contribution is -0.121. The molecule has 2 amide bonds. The van der Waals surface area contributed by atoms with E-state index in [0.717, 1.165) is 39.4 Å². The Morgan fingerprint density at radius 2 is 1.64 bits per heavy atom. The number of imidazole rings is 1. The number of H-pyrrole nitrogens is 1. The van der Waals surface area contributed by atoms with E-state index < -0.39 is 0 Å². The summed E-state index contributed by atoms with van der Waals surface area (Å²) in [5.74, 6) is 1.76. The second-order valence-corrected chi connectivity index (χ2v) is 9.67. The fourth-order valence-electron chi connectivity index (χ4n) is 4.85. The second kappa shape index (κ2) is 11.9. The van der Waals surface area contributed by atoms with Gasteiger partial charge in [0.1, 0.15) is 29.8 Å². The first-order chi connectivity index (χ1) is 19.0. The lowest BCUT2D eigenvalue weighted by Crippen LogP contribution is -2.47. The maximum atomic E-state index is 13.1. The molecule has 200 valence electrons. The second-order valence-electron chi connectivity index (χ2n) is 9.67. The largest absolute Gasteiger partial charge is 0.491 e. The molecule has 0 saturated carbocycles. The number of carbonyl (C=O) groups excluding carboxylic acids is 2. The Morgan fingerprint density at radius 3 is 2.28 bits per heavy atom. The van der Waals surface area contributed by atoms with Crippen LogP contribution < -0.4 is 4.74 Å². The van der Waals surface area contributed by atoms with Crippen LogP contribution in [-0.4, -0.2) is 57.8 Å². The summed E-state index contributed by atoms with van der Waals surface area (Å²) < 4.78 is 18.0. The molecule has 1 aromatic heterocycles. The predicted molar refractivity (Wildman–Crippen MR) is 148 cm³/mol. The van der Waals surface area contributed by atoms with Crippen LogP contribution in [0.4, 0.5) is 9.18 Å². The molecule has 6 rings (SSSR count). The summed E-state index contributed by atoms with van der Waals surface area (Å²) in [5, 5.41) is 0. The molecule has 0 radical (unpaired) electrons. The van der Waals surface area contributed by atoms with Crippen molar-refractivity contribution >= 4 is 11.8 Å². The number of benzene rings is 3. The summed E-state index contributed by atoms with van der Waals surface area (Å²) in [6.45, 7) is 4.55. The summed E-state index contributed by atoms with van der Waals surface area (Å²) in [6.07, 6.45) is 4.45. The minimum Gasteiger partial charge on any atom is -0.491 e. The molecular formula is C31H31FN4O3. The van der Waals surface area contributed by atoms with Crippen molar-refractivity contribution in [1.82, 2.24) is 19.8 Å². The highest BCUT2D eigenvalue weighted by molar-refractivity contribution is 5.83. The number of aromatic nitrogens is 2. The van der Waals surface area contributed by atoms with Crippen LogP contribution in [0.2, 0.25) is 0 Å². The van der Waals surface area contributed by atoms with Gasteiger partial charge in [0.05, 0.1) is 13.1 Å². The molecule has 1 N–H and O–H groups in total. The maximum absolute atomic E-state index is 13.1. The summed E-state index contributed by atoms with van der Waals surface area (Å²) in [7, 11) is 0. The predicted octanol–water partition coefficient (Wildman–Crippen LogP) is 5.86. The van der Waals surface area contributed by atoms with Gasteiger partial charge in [0, 0.05) is 49.5 Å². The van der Waals surface area contributed by atoms with Gasteiger partial charge in [-0.05, 0) is 47.9 Å².